The molecule has 1 aromatic carbocycles. The van der Waals surface area contributed by atoms with Crippen LogP contribution < -0.4 is 10.1 Å². The summed E-state index contributed by atoms with van der Waals surface area (Å²) < 4.78 is 10.9. The number of benzene rings is 1. The Hall–Kier alpha value is -2.27. The Balaban J connectivity index is 1.32. The molecular formula is C24H34N2O3. The predicted octanol–water partition coefficient (Wildman–Crippen LogP) is 5.22. The minimum Gasteiger partial charge on any atom is -0.497 e. The first-order chi connectivity index (χ1) is 14.0. The lowest BCUT2D eigenvalue weighted by Crippen LogP contribution is -2.35. The van der Waals surface area contributed by atoms with Crippen molar-refractivity contribution in [2.45, 2.75) is 51.9 Å². The number of likely N-dealkylation sites (tertiary alicyclic amines) is 1. The number of hydrogen-bond donors (Lipinski definition) is 1. The Morgan fingerprint density at radius 3 is 2.76 bits per heavy atom. The van der Waals surface area contributed by atoms with E-state index in [-0.39, 0.29) is 5.91 Å². The van der Waals surface area contributed by atoms with Gasteiger partial charge in [-0.25, -0.2) is 0 Å². The molecule has 0 spiro atoms. The molecule has 1 aliphatic heterocycles. The van der Waals surface area contributed by atoms with Crippen LogP contribution in [-0.2, 0) is 4.79 Å². The second-order valence-corrected chi connectivity index (χ2v) is 8.24. The van der Waals surface area contributed by atoms with Crippen LogP contribution in [0.1, 0.15) is 56.5 Å². The highest BCUT2D eigenvalue weighted by molar-refractivity contribution is 5.90. The van der Waals surface area contributed by atoms with Crippen molar-refractivity contribution in [3.63, 3.8) is 0 Å². The van der Waals surface area contributed by atoms with Gasteiger partial charge in [-0.15, -0.1) is 0 Å². The van der Waals surface area contributed by atoms with Gasteiger partial charge in [0, 0.05) is 24.1 Å². The van der Waals surface area contributed by atoms with Crippen molar-refractivity contribution >= 4 is 11.6 Å². The van der Waals surface area contributed by atoms with Crippen molar-refractivity contribution in [1.82, 2.24) is 4.90 Å². The van der Waals surface area contributed by atoms with Crippen molar-refractivity contribution in [2.75, 3.05) is 32.1 Å². The van der Waals surface area contributed by atoms with E-state index in [1.54, 1.807) is 7.11 Å². The van der Waals surface area contributed by atoms with Crippen LogP contribution in [-0.4, -0.2) is 37.6 Å². The fraction of sp³-hybridized carbons (Fsp3) is 0.542. The maximum atomic E-state index is 12.3. The Morgan fingerprint density at radius 2 is 2.07 bits per heavy atom. The number of amides is 1. The van der Waals surface area contributed by atoms with Crippen LogP contribution in [0.5, 0.6) is 5.75 Å². The second-order valence-electron chi connectivity index (χ2n) is 8.24. The van der Waals surface area contributed by atoms with E-state index < -0.39 is 0 Å². The summed E-state index contributed by atoms with van der Waals surface area (Å²) in [6, 6.07) is 11.6. The monoisotopic (exact) mass is 398 g/mol. The highest BCUT2D eigenvalue weighted by atomic mass is 16.5. The molecule has 1 fully saturated rings. The third kappa shape index (κ3) is 6.64. The molecule has 1 amide bonds. The minimum absolute atomic E-state index is 0.0863. The van der Waals surface area contributed by atoms with Gasteiger partial charge in [0.25, 0.3) is 0 Å². The molecule has 2 heterocycles. The smallest absolute Gasteiger partial charge is 0.224 e. The van der Waals surface area contributed by atoms with Gasteiger partial charge in [-0.05, 0) is 82.4 Å². The number of carbonyl (C=O) groups excluding carboxylic acids is 1. The maximum absolute atomic E-state index is 12.3. The van der Waals surface area contributed by atoms with E-state index in [2.05, 4.69) is 23.2 Å². The number of ether oxygens (including phenoxy) is 1. The Labute approximate surface area is 174 Å². The van der Waals surface area contributed by atoms with E-state index in [1.807, 2.05) is 37.3 Å². The maximum Gasteiger partial charge on any atom is 0.224 e. The van der Waals surface area contributed by atoms with Crippen LogP contribution in [0.2, 0.25) is 0 Å². The number of furan rings is 1. The van der Waals surface area contributed by atoms with Crippen LogP contribution in [0.4, 0.5) is 5.69 Å². The molecule has 1 N–H and O–H groups in total. The Bertz CT molecular complexity index is 778. The normalized spacial score (nSPS) is 16.5. The molecule has 5 heteroatoms. The molecule has 158 valence electrons. The van der Waals surface area contributed by atoms with Crippen LogP contribution in [0.15, 0.2) is 40.8 Å². The van der Waals surface area contributed by atoms with Gasteiger partial charge >= 0.3 is 0 Å². The molecule has 3 rings (SSSR count). The molecule has 5 nitrogen and oxygen atoms in total. The van der Waals surface area contributed by atoms with Gasteiger partial charge in [0.1, 0.15) is 17.3 Å². The highest BCUT2D eigenvalue weighted by Gasteiger charge is 2.21. The molecule has 1 aliphatic rings. The molecule has 0 radical (unpaired) electrons. The Morgan fingerprint density at radius 1 is 1.28 bits per heavy atom. The SMILES string of the molecule is COc1cccc(NC(=O)CCC2CCN(CCC(C)c3ccc(C)o3)CC2)c1. The van der Waals surface area contributed by atoms with Crippen LogP contribution in [0, 0.1) is 12.8 Å². The summed E-state index contributed by atoms with van der Waals surface area (Å²) in [6.45, 7) is 7.62. The van der Waals surface area contributed by atoms with Crippen LogP contribution in [0.3, 0.4) is 0 Å². The zero-order valence-electron chi connectivity index (χ0n) is 17.9. The predicted molar refractivity (Wildman–Crippen MR) is 116 cm³/mol. The summed E-state index contributed by atoms with van der Waals surface area (Å²) >= 11 is 0. The number of methoxy groups -OCH3 is 1. The number of aryl methyl sites for hydroxylation is 1. The van der Waals surface area contributed by atoms with Gasteiger partial charge in [-0.3, -0.25) is 4.79 Å². The lowest BCUT2D eigenvalue weighted by molar-refractivity contribution is -0.116. The number of nitrogens with one attached hydrogen (secondary N) is 1. The topological polar surface area (TPSA) is 54.7 Å². The minimum atomic E-state index is 0.0863. The summed E-state index contributed by atoms with van der Waals surface area (Å²) in [5.74, 6) is 4.03. The van der Waals surface area contributed by atoms with Gasteiger partial charge in [0.15, 0.2) is 0 Å². The van der Waals surface area contributed by atoms with Gasteiger partial charge in [0.05, 0.1) is 7.11 Å². The molecule has 1 aromatic heterocycles. The standard InChI is InChI=1S/C24H34N2O3/c1-18(23-9-7-19(2)29-23)11-14-26-15-12-20(13-16-26)8-10-24(27)25-21-5-4-6-22(17-21)28-3/h4-7,9,17-18,20H,8,10-16H2,1-3H3,(H,25,27). The largest absolute Gasteiger partial charge is 0.497 e. The highest BCUT2D eigenvalue weighted by Crippen LogP contribution is 2.25. The second kappa shape index (κ2) is 10.5. The van der Waals surface area contributed by atoms with Gasteiger partial charge < -0.3 is 19.4 Å². The number of rotatable bonds is 9. The van der Waals surface area contributed by atoms with Crippen LogP contribution in [0.25, 0.3) is 0 Å². The van der Waals surface area contributed by atoms with Crippen molar-refractivity contribution in [2.24, 2.45) is 5.92 Å². The molecule has 0 bridgehead atoms. The quantitative estimate of drug-likeness (QED) is 0.629. The fourth-order valence-electron chi connectivity index (χ4n) is 4.00. The van der Waals surface area contributed by atoms with E-state index in [0.717, 1.165) is 55.4 Å². The van der Waals surface area contributed by atoms with Gasteiger partial charge in [-0.1, -0.05) is 13.0 Å². The zero-order valence-corrected chi connectivity index (χ0v) is 17.9. The first kappa shape index (κ1) is 21.4. The van der Waals surface area contributed by atoms with E-state index >= 15 is 0 Å². The summed E-state index contributed by atoms with van der Waals surface area (Å²) in [4.78, 5) is 14.8. The molecule has 1 atom stereocenters. The molecular weight excluding hydrogens is 364 g/mol. The third-order valence-corrected chi connectivity index (χ3v) is 5.97. The first-order valence-electron chi connectivity index (χ1n) is 10.8. The van der Waals surface area contributed by atoms with Crippen molar-refractivity contribution in [1.29, 1.82) is 0 Å². The number of carbonyl (C=O) groups is 1. The molecule has 29 heavy (non-hydrogen) atoms. The van der Waals surface area contributed by atoms with Crippen molar-refractivity contribution in [3.05, 3.63) is 47.9 Å². The molecule has 0 saturated carbocycles. The Kier molecular flexibility index (Phi) is 7.76. The van der Waals surface area contributed by atoms with E-state index in [9.17, 15) is 4.79 Å². The molecule has 1 saturated heterocycles. The van der Waals surface area contributed by atoms with E-state index in [4.69, 9.17) is 9.15 Å². The van der Waals surface area contributed by atoms with E-state index in [1.165, 1.54) is 12.8 Å². The summed E-state index contributed by atoms with van der Waals surface area (Å²) in [5, 5.41) is 2.98. The lowest BCUT2D eigenvalue weighted by Gasteiger charge is -2.32. The third-order valence-electron chi connectivity index (χ3n) is 5.97. The average molecular weight is 399 g/mol. The fourth-order valence-corrected chi connectivity index (χ4v) is 4.00. The molecule has 2 aromatic rings. The number of hydrogen-bond acceptors (Lipinski definition) is 4. The van der Waals surface area contributed by atoms with Gasteiger partial charge in [0.2, 0.25) is 5.91 Å². The van der Waals surface area contributed by atoms with E-state index in [0.29, 0.717) is 18.3 Å². The number of piperidine rings is 1. The van der Waals surface area contributed by atoms with Crippen molar-refractivity contribution < 1.29 is 13.9 Å². The molecule has 1 unspecified atom stereocenters. The number of nitrogens with zero attached hydrogens (tertiary/aromatic N) is 1. The number of anilines is 1. The van der Waals surface area contributed by atoms with Crippen LogP contribution >= 0.6 is 0 Å². The average Bonchev–Trinajstić information content (AvgIpc) is 3.18. The first-order valence-corrected chi connectivity index (χ1v) is 10.8. The lowest BCUT2D eigenvalue weighted by atomic mass is 9.91. The summed E-state index contributed by atoms with van der Waals surface area (Å²) in [5.41, 5.74) is 0.796. The van der Waals surface area contributed by atoms with Crippen molar-refractivity contribution in [3.8, 4) is 5.75 Å². The van der Waals surface area contributed by atoms with Gasteiger partial charge in [-0.2, -0.15) is 0 Å². The zero-order chi connectivity index (χ0) is 20.6. The summed E-state index contributed by atoms with van der Waals surface area (Å²) in [7, 11) is 1.63. The summed E-state index contributed by atoms with van der Waals surface area (Å²) in [6.07, 6.45) is 5.03. The molecule has 0 aliphatic carbocycles.